The zero-order valence-corrected chi connectivity index (χ0v) is 15.2. The number of aromatic nitrogens is 2. The third kappa shape index (κ3) is 3.51. The van der Waals surface area contributed by atoms with Gasteiger partial charge in [-0.25, -0.2) is 0 Å². The Bertz CT molecular complexity index is 747. The fourth-order valence-electron chi connectivity index (χ4n) is 3.23. The lowest BCUT2D eigenvalue weighted by Gasteiger charge is -2.27. The number of carbonyl (C=O) groups excluding carboxylic acids is 1. The Balaban J connectivity index is 1.99. The quantitative estimate of drug-likeness (QED) is 0.632. The predicted molar refractivity (Wildman–Crippen MR) is 98.9 cm³/mol. The van der Waals surface area contributed by atoms with Gasteiger partial charge in [-0.3, -0.25) is 9.78 Å². The maximum absolute atomic E-state index is 12.1. The highest BCUT2D eigenvalue weighted by molar-refractivity contribution is 7.80. The molecule has 7 heteroatoms. The van der Waals surface area contributed by atoms with Crippen LogP contribution in [0.4, 0.5) is 0 Å². The van der Waals surface area contributed by atoms with Crippen LogP contribution in [0.3, 0.4) is 0 Å². The summed E-state index contributed by atoms with van der Waals surface area (Å²) in [5, 5.41) is 3.87. The molecule has 0 saturated carbocycles. The first-order chi connectivity index (χ1) is 12.2. The van der Waals surface area contributed by atoms with Crippen LogP contribution in [0, 0.1) is 0 Å². The van der Waals surface area contributed by atoms with Gasteiger partial charge in [0.1, 0.15) is 6.54 Å². The zero-order valence-electron chi connectivity index (χ0n) is 14.4. The van der Waals surface area contributed by atoms with Gasteiger partial charge in [-0.05, 0) is 50.3 Å². The fraction of sp³-hybridized carbons (Fsp3) is 0.389. The van der Waals surface area contributed by atoms with E-state index in [0.717, 1.165) is 17.9 Å². The third-order valence-electron chi connectivity index (χ3n) is 4.31. The number of carbonyl (C=O) groups is 1. The topological polar surface area (TPSA) is 59.4 Å². The second-order valence-electron chi connectivity index (χ2n) is 5.78. The fourth-order valence-corrected chi connectivity index (χ4v) is 3.53. The first-order valence-corrected chi connectivity index (χ1v) is 8.85. The summed E-state index contributed by atoms with van der Waals surface area (Å²) in [6, 6.07) is 9.65. The Hall–Kier alpha value is -2.41. The number of thiocarbonyl (C=S) groups is 1. The van der Waals surface area contributed by atoms with Gasteiger partial charge in [0.15, 0.2) is 5.11 Å². The van der Waals surface area contributed by atoms with Gasteiger partial charge >= 0.3 is 5.97 Å². The van der Waals surface area contributed by atoms with Crippen molar-refractivity contribution in [3.63, 3.8) is 0 Å². The lowest BCUT2D eigenvalue weighted by Crippen LogP contribution is -2.36. The Labute approximate surface area is 152 Å². The van der Waals surface area contributed by atoms with E-state index < -0.39 is 0 Å². The molecule has 2 aromatic heterocycles. The number of ether oxygens (including phenoxy) is 1. The molecule has 1 aliphatic rings. The number of pyridine rings is 1. The first kappa shape index (κ1) is 17.4. The number of nitrogens with zero attached hydrogens (tertiary/aromatic N) is 3. The lowest BCUT2D eigenvalue weighted by molar-refractivity contribution is -0.143. The normalized spacial score (nSPS) is 19.8. The summed E-state index contributed by atoms with van der Waals surface area (Å²) in [5.74, 6) is -0.284. The summed E-state index contributed by atoms with van der Waals surface area (Å²) in [7, 11) is 0. The monoisotopic (exact) mass is 358 g/mol. The molecule has 2 aromatic rings. The van der Waals surface area contributed by atoms with Crippen molar-refractivity contribution in [2.45, 2.75) is 32.5 Å². The lowest BCUT2D eigenvalue weighted by atomic mass is 10.0. The van der Waals surface area contributed by atoms with Crippen molar-refractivity contribution in [3.05, 3.63) is 54.1 Å². The second kappa shape index (κ2) is 7.65. The van der Waals surface area contributed by atoms with Crippen LogP contribution in [-0.4, -0.2) is 38.7 Å². The molecule has 0 aliphatic carbocycles. The summed E-state index contributed by atoms with van der Waals surface area (Å²) in [4.78, 5) is 18.5. The molecule has 0 amide bonds. The zero-order chi connectivity index (χ0) is 17.8. The van der Waals surface area contributed by atoms with Gasteiger partial charge in [-0.15, -0.1) is 0 Å². The molecule has 25 heavy (non-hydrogen) atoms. The molecule has 0 unspecified atom stereocenters. The molecule has 1 aliphatic heterocycles. The van der Waals surface area contributed by atoms with E-state index >= 15 is 0 Å². The highest BCUT2D eigenvalue weighted by atomic mass is 32.1. The highest BCUT2D eigenvalue weighted by Crippen LogP contribution is 2.38. The number of esters is 1. The number of hydrogen-bond donors (Lipinski definition) is 1. The molecule has 3 rings (SSSR count). The van der Waals surface area contributed by atoms with Gasteiger partial charge in [-0.1, -0.05) is 6.07 Å². The molecular formula is C18H22N4O2S. The minimum atomic E-state index is -0.284. The number of hydrogen-bond acceptors (Lipinski definition) is 4. The molecule has 6 nitrogen and oxygen atoms in total. The van der Waals surface area contributed by atoms with E-state index in [1.165, 1.54) is 0 Å². The number of nitrogens with one attached hydrogen (secondary N) is 1. The van der Waals surface area contributed by atoms with E-state index in [2.05, 4.69) is 27.9 Å². The first-order valence-electron chi connectivity index (χ1n) is 8.44. The van der Waals surface area contributed by atoms with Crippen LogP contribution < -0.4 is 5.32 Å². The molecule has 1 N–H and O–H groups in total. The smallest absolute Gasteiger partial charge is 0.325 e. The van der Waals surface area contributed by atoms with Gasteiger partial charge in [0, 0.05) is 24.6 Å². The highest BCUT2D eigenvalue weighted by Gasteiger charge is 2.41. The minimum Gasteiger partial charge on any atom is -0.465 e. The van der Waals surface area contributed by atoms with E-state index in [1.54, 1.807) is 13.1 Å². The Morgan fingerprint density at radius 2 is 2.16 bits per heavy atom. The molecule has 0 radical (unpaired) electrons. The van der Waals surface area contributed by atoms with Gasteiger partial charge < -0.3 is 19.5 Å². The molecule has 0 aromatic carbocycles. The molecule has 1 fully saturated rings. The van der Waals surface area contributed by atoms with Crippen molar-refractivity contribution in [3.8, 4) is 0 Å². The van der Waals surface area contributed by atoms with Crippen LogP contribution in [0.5, 0.6) is 0 Å². The summed E-state index contributed by atoms with van der Waals surface area (Å²) < 4.78 is 7.29. The Kier molecular flexibility index (Phi) is 5.33. The van der Waals surface area contributed by atoms with E-state index in [9.17, 15) is 4.79 Å². The summed E-state index contributed by atoms with van der Waals surface area (Å²) in [6.07, 6.45) is 3.80. The van der Waals surface area contributed by atoms with Crippen molar-refractivity contribution in [2.75, 3.05) is 13.2 Å². The third-order valence-corrected chi connectivity index (χ3v) is 4.66. The van der Waals surface area contributed by atoms with Gasteiger partial charge in [0.05, 0.1) is 24.4 Å². The molecule has 1 saturated heterocycles. The van der Waals surface area contributed by atoms with Crippen molar-refractivity contribution < 1.29 is 9.53 Å². The van der Waals surface area contributed by atoms with E-state index in [1.807, 2.05) is 35.4 Å². The average molecular weight is 358 g/mol. The van der Waals surface area contributed by atoms with Crippen LogP contribution in [-0.2, 0) is 16.1 Å². The summed E-state index contributed by atoms with van der Waals surface area (Å²) >= 11 is 5.52. The molecule has 2 atom stereocenters. The molecule has 0 spiro atoms. The van der Waals surface area contributed by atoms with Gasteiger partial charge in [-0.2, -0.15) is 0 Å². The van der Waals surface area contributed by atoms with E-state index in [-0.39, 0.29) is 24.6 Å². The van der Waals surface area contributed by atoms with Gasteiger partial charge in [0.25, 0.3) is 0 Å². The second-order valence-corrected chi connectivity index (χ2v) is 6.17. The maximum atomic E-state index is 12.1. The van der Waals surface area contributed by atoms with Crippen molar-refractivity contribution in [1.82, 2.24) is 19.8 Å². The van der Waals surface area contributed by atoms with Crippen LogP contribution in [0.1, 0.15) is 37.3 Å². The van der Waals surface area contributed by atoms with Crippen LogP contribution >= 0.6 is 12.2 Å². The van der Waals surface area contributed by atoms with Crippen LogP contribution in [0.25, 0.3) is 0 Å². The summed E-state index contributed by atoms with van der Waals surface area (Å²) in [5.41, 5.74) is 1.99. The van der Waals surface area contributed by atoms with E-state index in [4.69, 9.17) is 17.0 Å². The average Bonchev–Trinajstić information content (AvgIpc) is 3.20. The van der Waals surface area contributed by atoms with E-state index in [0.29, 0.717) is 11.7 Å². The van der Waals surface area contributed by atoms with Crippen molar-refractivity contribution in [2.24, 2.45) is 0 Å². The Morgan fingerprint density at radius 3 is 2.84 bits per heavy atom. The Morgan fingerprint density at radius 1 is 1.32 bits per heavy atom. The van der Waals surface area contributed by atoms with Gasteiger partial charge in [0.2, 0.25) is 0 Å². The summed E-state index contributed by atoms with van der Waals surface area (Å²) in [6.45, 7) is 5.20. The number of rotatable bonds is 6. The SMILES string of the molecule is CCOC(=O)CN1C(=S)N[C@@H](c2ccccn2)[C@H]1c1cccn1CC. The molecule has 0 bridgehead atoms. The van der Waals surface area contributed by atoms with Crippen LogP contribution in [0.15, 0.2) is 42.7 Å². The standard InChI is InChI=1S/C18H22N4O2S/c1-3-21-11-7-9-14(21)17-16(13-8-5-6-10-19-13)20-18(25)22(17)12-15(23)24-4-2/h5-11,16-17H,3-4,12H2,1-2H3,(H,20,25)/t16-,17+/m0/s1. The largest absolute Gasteiger partial charge is 0.465 e. The number of aryl methyl sites for hydroxylation is 1. The molecular weight excluding hydrogens is 336 g/mol. The maximum Gasteiger partial charge on any atom is 0.325 e. The minimum absolute atomic E-state index is 0.114. The predicted octanol–water partition coefficient (Wildman–Crippen LogP) is 2.44. The van der Waals surface area contributed by atoms with Crippen molar-refractivity contribution in [1.29, 1.82) is 0 Å². The van der Waals surface area contributed by atoms with Crippen LogP contribution in [0.2, 0.25) is 0 Å². The molecule has 3 heterocycles. The van der Waals surface area contributed by atoms with Crippen molar-refractivity contribution >= 4 is 23.3 Å². The molecule has 132 valence electrons.